The van der Waals surface area contributed by atoms with Gasteiger partial charge in [0, 0.05) is 11.3 Å². The molecule has 96 valence electrons. The molecule has 2 aromatic carbocycles. The lowest BCUT2D eigenvalue weighted by atomic mass is 10.1. The van der Waals surface area contributed by atoms with E-state index in [1.165, 1.54) is 0 Å². The zero-order valence-electron chi connectivity index (χ0n) is 10.6. The molecule has 0 atom stereocenters. The maximum atomic E-state index is 12.0. The Morgan fingerprint density at radius 3 is 2.50 bits per heavy atom. The third-order valence-corrected chi connectivity index (χ3v) is 2.75. The summed E-state index contributed by atoms with van der Waals surface area (Å²) in [6.07, 6.45) is 0.346. The molecule has 0 aromatic heterocycles. The number of carbonyl (C=O) groups excluding carboxylic acids is 1. The van der Waals surface area contributed by atoms with Crippen LogP contribution in [0.1, 0.15) is 21.5 Å². The summed E-state index contributed by atoms with van der Waals surface area (Å²) in [5, 5.41) is 20.1. The molecule has 0 aliphatic heterocycles. The molecule has 0 bridgehead atoms. The van der Waals surface area contributed by atoms with Crippen molar-refractivity contribution in [2.24, 2.45) is 0 Å². The van der Waals surface area contributed by atoms with E-state index in [4.69, 9.17) is 10.5 Å². The van der Waals surface area contributed by atoms with E-state index in [2.05, 4.69) is 11.4 Å². The van der Waals surface area contributed by atoms with E-state index in [1.54, 1.807) is 48.5 Å². The second-order valence-corrected chi connectivity index (χ2v) is 4.18. The molecule has 2 aromatic rings. The molecule has 2 rings (SSSR count). The first-order valence-corrected chi connectivity index (χ1v) is 6.00. The summed E-state index contributed by atoms with van der Waals surface area (Å²) in [5.41, 5.74) is 2.43. The molecule has 20 heavy (non-hydrogen) atoms. The number of carbonyl (C=O) groups is 1. The van der Waals surface area contributed by atoms with E-state index in [0.29, 0.717) is 23.2 Å². The lowest BCUT2D eigenvalue weighted by Crippen LogP contribution is -2.11. The summed E-state index contributed by atoms with van der Waals surface area (Å²) in [7, 11) is 0. The second-order valence-electron chi connectivity index (χ2n) is 4.18. The normalized spacial score (nSPS) is 9.30. The van der Waals surface area contributed by atoms with Gasteiger partial charge < -0.3 is 5.32 Å². The van der Waals surface area contributed by atoms with Crippen LogP contribution in [0.15, 0.2) is 48.5 Å². The first-order valence-electron chi connectivity index (χ1n) is 6.00. The Bertz CT molecular complexity index is 706. The van der Waals surface area contributed by atoms with Gasteiger partial charge in [0.05, 0.1) is 24.1 Å². The molecule has 0 aliphatic rings. The molecular weight excluding hydrogens is 250 g/mol. The van der Waals surface area contributed by atoms with E-state index < -0.39 is 0 Å². The highest BCUT2D eigenvalue weighted by molar-refractivity contribution is 6.04. The minimum absolute atomic E-state index is 0.268. The van der Waals surface area contributed by atoms with Crippen LogP contribution in [0.4, 0.5) is 5.69 Å². The molecule has 0 aliphatic carbocycles. The molecule has 0 saturated carbocycles. The fourth-order valence-corrected chi connectivity index (χ4v) is 1.73. The van der Waals surface area contributed by atoms with Gasteiger partial charge in [-0.05, 0) is 35.9 Å². The van der Waals surface area contributed by atoms with Crippen molar-refractivity contribution in [3.8, 4) is 12.1 Å². The van der Waals surface area contributed by atoms with E-state index in [1.807, 2.05) is 6.07 Å². The molecule has 1 amide bonds. The standard InChI is InChI=1S/C16H11N3O/c17-9-8-12-4-6-15(7-5-12)19-16(20)14-3-1-2-13(10-14)11-18/h1-7,10H,8H2,(H,19,20). The van der Waals surface area contributed by atoms with Crippen LogP contribution in [0, 0.1) is 22.7 Å². The van der Waals surface area contributed by atoms with E-state index in [9.17, 15) is 4.79 Å². The van der Waals surface area contributed by atoms with Crippen molar-refractivity contribution in [3.05, 3.63) is 65.2 Å². The summed E-state index contributed by atoms with van der Waals surface area (Å²) in [6.45, 7) is 0. The average Bonchev–Trinajstić information content (AvgIpc) is 2.49. The average molecular weight is 261 g/mol. The number of hydrogen-bond donors (Lipinski definition) is 1. The lowest BCUT2D eigenvalue weighted by molar-refractivity contribution is 0.102. The Balaban J connectivity index is 2.11. The zero-order valence-corrected chi connectivity index (χ0v) is 10.6. The number of anilines is 1. The number of rotatable bonds is 3. The van der Waals surface area contributed by atoms with E-state index in [0.717, 1.165) is 5.56 Å². The highest BCUT2D eigenvalue weighted by Crippen LogP contribution is 2.12. The highest BCUT2D eigenvalue weighted by Gasteiger charge is 2.06. The third-order valence-electron chi connectivity index (χ3n) is 2.75. The van der Waals surface area contributed by atoms with Gasteiger partial charge in [-0.25, -0.2) is 0 Å². The van der Waals surface area contributed by atoms with Gasteiger partial charge >= 0.3 is 0 Å². The minimum Gasteiger partial charge on any atom is -0.322 e. The lowest BCUT2D eigenvalue weighted by Gasteiger charge is -2.06. The number of nitriles is 2. The summed E-state index contributed by atoms with van der Waals surface area (Å²) in [4.78, 5) is 12.0. The number of nitrogens with zero attached hydrogens (tertiary/aromatic N) is 2. The van der Waals surface area contributed by atoms with Crippen LogP contribution in [0.25, 0.3) is 0 Å². The van der Waals surface area contributed by atoms with Crippen molar-refractivity contribution < 1.29 is 4.79 Å². The van der Waals surface area contributed by atoms with Gasteiger partial charge in [-0.15, -0.1) is 0 Å². The summed E-state index contributed by atoms with van der Waals surface area (Å²) >= 11 is 0. The van der Waals surface area contributed by atoms with E-state index in [-0.39, 0.29) is 5.91 Å². The Labute approximate surface area is 116 Å². The van der Waals surface area contributed by atoms with Crippen LogP contribution in [0.5, 0.6) is 0 Å². The molecule has 0 radical (unpaired) electrons. The van der Waals surface area contributed by atoms with Gasteiger partial charge in [-0.3, -0.25) is 4.79 Å². The van der Waals surface area contributed by atoms with Crippen molar-refractivity contribution >= 4 is 11.6 Å². The summed E-state index contributed by atoms with van der Waals surface area (Å²) < 4.78 is 0. The van der Waals surface area contributed by atoms with Crippen LogP contribution >= 0.6 is 0 Å². The Kier molecular flexibility index (Phi) is 4.11. The largest absolute Gasteiger partial charge is 0.322 e. The highest BCUT2D eigenvalue weighted by atomic mass is 16.1. The SMILES string of the molecule is N#CCc1ccc(NC(=O)c2cccc(C#N)c2)cc1. The predicted molar refractivity (Wildman–Crippen MR) is 74.9 cm³/mol. The van der Waals surface area contributed by atoms with Crippen molar-refractivity contribution in [2.75, 3.05) is 5.32 Å². The van der Waals surface area contributed by atoms with Gasteiger partial charge in [-0.2, -0.15) is 10.5 Å². The Morgan fingerprint density at radius 1 is 1.10 bits per heavy atom. The molecule has 4 heteroatoms. The maximum absolute atomic E-state index is 12.0. The van der Waals surface area contributed by atoms with Crippen LogP contribution in [0.2, 0.25) is 0 Å². The molecule has 0 heterocycles. The maximum Gasteiger partial charge on any atom is 0.255 e. The number of hydrogen-bond acceptors (Lipinski definition) is 3. The van der Waals surface area contributed by atoms with E-state index >= 15 is 0 Å². The third kappa shape index (κ3) is 3.22. The van der Waals surface area contributed by atoms with Crippen LogP contribution in [-0.2, 0) is 6.42 Å². The van der Waals surface area contributed by atoms with Gasteiger partial charge in [0.1, 0.15) is 0 Å². The monoisotopic (exact) mass is 261 g/mol. The molecule has 0 saturated heterocycles. The predicted octanol–water partition coefficient (Wildman–Crippen LogP) is 2.88. The molecule has 0 fully saturated rings. The minimum atomic E-state index is -0.268. The molecule has 0 unspecified atom stereocenters. The van der Waals surface area contributed by atoms with Crippen molar-refractivity contribution in [1.29, 1.82) is 10.5 Å². The summed E-state index contributed by atoms with van der Waals surface area (Å²) in [6, 6.07) is 17.7. The van der Waals surface area contributed by atoms with Gasteiger partial charge in [0.15, 0.2) is 0 Å². The zero-order chi connectivity index (χ0) is 14.4. The van der Waals surface area contributed by atoms with Crippen LogP contribution in [-0.4, -0.2) is 5.91 Å². The van der Waals surface area contributed by atoms with Crippen LogP contribution < -0.4 is 5.32 Å². The van der Waals surface area contributed by atoms with Crippen LogP contribution in [0.3, 0.4) is 0 Å². The quantitative estimate of drug-likeness (QED) is 0.922. The Hall–Kier alpha value is -3.11. The van der Waals surface area contributed by atoms with Crippen molar-refractivity contribution in [1.82, 2.24) is 0 Å². The first-order chi connectivity index (χ1) is 9.72. The Morgan fingerprint density at radius 2 is 1.85 bits per heavy atom. The van der Waals surface area contributed by atoms with Crippen molar-refractivity contribution in [3.63, 3.8) is 0 Å². The van der Waals surface area contributed by atoms with Gasteiger partial charge in [-0.1, -0.05) is 18.2 Å². The molecule has 0 spiro atoms. The second kappa shape index (κ2) is 6.17. The van der Waals surface area contributed by atoms with Gasteiger partial charge in [0.2, 0.25) is 0 Å². The first kappa shape index (κ1) is 13.3. The molecule has 4 nitrogen and oxygen atoms in total. The number of benzene rings is 2. The fourth-order valence-electron chi connectivity index (χ4n) is 1.73. The fraction of sp³-hybridized carbons (Fsp3) is 0.0625. The number of nitrogens with one attached hydrogen (secondary N) is 1. The summed E-state index contributed by atoms with van der Waals surface area (Å²) in [5.74, 6) is -0.268. The molecular formula is C16H11N3O. The topological polar surface area (TPSA) is 76.7 Å². The smallest absolute Gasteiger partial charge is 0.255 e. The van der Waals surface area contributed by atoms with Gasteiger partial charge in [0.25, 0.3) is 5.91 Å². The van der Waals surface area contributed by atoms with Crippen molar-refractivity contribution in [2.45, 2.75) is 6.42 Å². The number of amides is 1. The molecule has 1 N–H and O–H groups in total.